The Morgan fingerprint density at radius 1 is 0.932 bits per heavy atom. The van der Waals surface area contributed by atoms with E-state index in [0.29, 0.717) is 50.5 Å². The molecule has 3 aromatic rings. The van der Waals surface area contributed by atoms with Crippen LogP contribution in [0, 0.1) is 0 Å². The highest BCUT2D eigenvalue weighted by Gasteiger charge is 2.39. The van der Waals surface area contributed by atoms with Gasteiger partial charge in [-0.3, -0.25) is 14.5 Å². The van der Waals surface area contributed by atoms with Crippen molar-refractivity contribution in [2.75, 3.05) is 19.6 Å². The molecule has 1 aliphatic rings. The van der Waals surface area contributed by atoms with Crippen LogP contribution in [0.25, 0.3) is 0 Å². The maximum Gasteiger partial charge on any atom is 0.312 e. The summed E-state index contributed by atoms with van der Waals surface area (Å²) in [6.45, 7) is 10.4. The number of nitrogens with zero attached hydrogens (tertiary/aromatic N) is 2. The van der Waals surface area contributed by atoms with Gasteiger partial charge in [-0.25, -0.2) is 4.79 Å². The molecule has 0 aromatic heterocycles. The summed E-state index contributed by atoms with van der Waals surface area (Å²) in [5.41, 5.74) is 9.13. The monoisotopic (exact) mass is 599 g/mol. The van der Waals surface area contributed by atoms with Crippen LogP contribution in [0.3, 0.4) is 0 Å². The van der Waals surface area contributed by atoms with Crippen molar-refractivity contribution in [1.82, 2.24) is 20.4 Å². The van der Waals surface area contributed by atoms with E-state index in [1.54, 1.807) is 4.90 Å². The highest BCUT2D eigenvalue weighted by atomic mass is 16.5. The molecule has 0 aliphatic carbocycles. The average Bonchev–Trinajstić information content (AvgIpc) is 3.01. The van der Waals surface area contributed by atoms with Gasteiger partial charge in [0, 0.05) is 38.1 Å². The molecule has 0 bridgehead atoms. The summed E-state index contributed by atoms with van der Waals surface area (Å²) in [5.74, 6) is 0.0875. The van der Waals surface area contributed by atoms with E-state index >= 15 is 0 Å². The van der Waals surface area contributed by atoms with Crippen molar-refractivity contribution in [3.63, 3.8) is 0 Å². The number of carbonyl (C=O) groups excluding carboxylic acids is 3. The first kappa shape index (κ1) is 32.5. The Bertz CT molecular complexity index is 1390. The molecule has 2 atom stereocenters. The standard InChI is InChI=1S/C35H45N5O4/c1-24(2)39(25(3)4)20-18-37-33(41)32-30-16-15-29(44-23-27-13-9-6-10-14-27)22-28(30)17-19-40(32)34(42)31(38-35(36)43)21-26-11-7-5-8-12-26/h5-16,22,24-25,31-32H,17-21,23H2,1-4H3,(H,37,41)(H3,36,38,43). The third-order valence-corrected chi connectivity index (χ3v) is 8.02. The van der Waals surface area contributed by atoms with Gasteiger partial charge >= 0.3 is 6.03 Å². The van der Waals surface area contributed by atoms with Gasteiger partial charge in [-0.15, -0.1) is 0 Å². The highest BCUT2D eigenvalue weighted by molar-refractivity contribution is 5.93. The minimum Gasteiger partial charge on any atom is -0.489 e. The quantitative estimate of drug-likeness (QED) is 0.272. The summed E-state index contributed by atoms with van der Waals surface area (Å²) in [5, 5.41) is 5.71. The predicted molar refractivity (Wildman–Crippen MR) is 172 cm³/mol. The molecule has 0 saturated carbocycles. The fourth-order valence-corrected chi connectivity index (χ4v) is 5.89. The first-order valence-corrected chi connectivity index (χ1v) is 15.4. The SMILES string of the molecule is CC(C)N(CCNC(=O)C1c2ccc(OCc3ccccc3)cc2CCN1C(=O)C(Cc1ccccc1)NC(N)=O)C(C)C. The van der Waals surface area contributed by atoms with Gasteiger partial charge in [-0.2, -0.15) is 0 Å². The lowest BCUT2D eigenvalue weighted by Crippen LogP contribution is -2.56. The van der Waals surface area contributed by atoms with Gasteiger partial charge in [0.05, 0.1) is 0 Å². The van der Waals surface area contributed by atoms with Crippen molar-refractivity contribution in [2.45, 2.75) is 71.3 Å². The van der Waals surface area contributed by atoms with Gasteiger partial charge in [-0.1, -0.05) is 66.7 Å². The second kappa shape index (κ2) is 15.4. The van der Waals surface area contributed by atoms with Gasteiger partial charge in [-0.05, 0) is 68.5 Å². The number of hydrogen-bond acceptors (Lipinski definition) is 5. The van der Waals surface area contributed by atoms with Gasteiger partial charge in [0.15, 0.2) is 0 Å². The lowest BCUT2D eigenvalue weighted by Gasteiger charge is -2.38. The Labute approximate surface area is 260 Å². The number of amides is 4. The fourth-order valence-electron chi connectivity index (χ4n) is 5.89. The van der Waals surface area contributed by atoms with Crippen LogP contribution < -0.4 is 21.1 Å². The number of ether oxygens (including phenoxy) is 1. The molecule has 0 fully saturated rings. The number of primary amides is 1. The zero-order valence-electron chi connectivity index (χ0n) is 26.2. The first-order valence-electron chi connectivity index (χ1n) is 15.4. The van der Waals surface area contributed by atoms with Crippen molar-refractivity contribution in [3.05, 3.63) is 101 Å². The number of urea groups is 1. The van der Waals surface area contributed by atoms with Crippen LogP contribution in [-0.2, 0) is 29.0 Å². The number of nitrogens with one attached hydrogen (secondary N) is 2. The Hall–Kier alpha value is -4.37. The van der Waals surface area contributed by atoms with Gasteiger partial charge < -0.3 is 26.0 Å². The minimum atomic E-state index is -0.919. The van der Waals surface area contributed by atoms with E-state index < -0.39 is 18.1 Å². The highest BCUT2D eigenvalue weighted by Crippen LogP contribution is 2.33. The maximum absolute atomic E-state index is 14.1. The molecule has 9 nitrogen and oxygen atoms in total. The number of fused-ring (bicyclic) bond motifs is 1. The fraction of sp³-hybridized carbons (Fsp3) is 0.400. The Balaban J connectivity index is 1.59. The molecular formula is C35H45N5O4. The van der Waals surface area contributed by atoms with Crippen molar-refractivity contribution in [2.24, 2.45) is 5.73 Å². The second-order valence-corrected chi connectivity index (χ2v) is 11.8. The van der Waals surface area contributed by atoms with Gasteiger partial charge in [0.2, 0.25) is 11.8 Å². The largest absolute Gasteiger partial charge is 0.489 e. The van der Waals surface area contributed by atoms with E-state index in [9.17, 15) is 14.4 Å². The summed E-state index contributed by atoms with van der Waals surface area (Å²) in [4.78, 5) is 43.9. The summed E-state index contributed by atoms with van der Waals surface area (Å²) in [6.07, 6.45) is 0.792. The number of benzene rings is 3. The van der Waals surface area contributed by atoms with Crippen molar-refractivity contribution in [3.8, 4) is 5.75 Å². The summed E-state index contributed by atoms with van der Waals surface area (Å²) in [6, 6.07) is 23.1. The molecule has 0 radical (unpaired) electrons. The zero-order valence-corrected chi connectivity index (χ0v) is 26.2. The third-order valence-electron chi connectivity index (χ3n) is 8.02. The van der Waals surface area contributed by atoms with Crippen LogP contribution in [0.1, 0.15) is 56.0 Å². The van der Waals surface area contributed by atoms with Crippen LogP contribution in [0.15, 0.2) is 78.9 Å². The molecule has 1 heterocycles. The predicted octanol–water partition coefficient (Wildman–Crippen LogP) is 4.21. The van der Waals surface area contributed by atoms with Crippen molar-refractivity contribution < 1.29 is 19.1 Å². The summed E-state index contributed by atoms with van der Waals surface area (Å²) in [7, 11) is 0. The van der Waals surface area contributed by atoms with Crippen LogP contribution >= 0.6 is 0 Å². The first-order chi connectivity index (χ1) is 21.1. The summed E-state index contributed by atoms with van der Waals surface area (Å²) >= 11 is 0. The van der Waals surface area contributed by atoms with Gasteiger partial charge in [0.25, 0.3) is 0 Å². The van der Waals surface area contributed by atoms with Crippen LogP contribution in [0.4, 0.5) is 4.79 Å². The topological polar surface area (TPSA) is 117 Å². The normalized spacial score (nSPS) is 15.2. The van der Waals surface area contributed by atoms with Crippen LogP contribution in [0.2, 0.25) is 0 Å². The molecule has 9 heteroatoms. The number of nitrogens with two attached hydrogens (primary N) is 1. The molecular weight excluding hydrogens is 554 g/mol. The molecule has 4 rings (SSSR count). The smallest absolute Gasteiger partial charge is 0.312 e. The molecule has 1 aliphatic heterocycles. The molecule has 3 aromatic carbocycles. The molecule has 0 saturated heterocycles. The minimum absolute atomic E-state index is 0.254. The average molecular weight is 600 g/mol. The van der Waals surface area contributed by atoms with Crippen molar-refractivity contribution in [1.29, 1.82) is 0 Å². The molecule has 234 valence electrons. The molecule has 4 N–H and O–H groups in total. The van der Waals surface area contributed by atoms with E-state index in [2.05, 4.69) is 43.2 Å². The van der Waals surface area contributed by atoms with Crippen molar-refractivity contribution >= 4 is 17.8 Å². The number of hydrogen-bond donors (Lipinski definition) is 3. The second-order valence-electron chi connectivity index (χ2n) is 11.8. The zero-order chi connectivity index (χ0) is 31.6. The van der Waals surface area contributed by atoms with Crippen LogP contribution in [-0.4, -0.2) is 65.4 Å². The number of carbonyl (C=O) groups is 3. The molecule has 44 heavy (non-hydrogen) atoms. The Morgan fingerprint density at radius 2 is 1.57 bits per heavy atom. The summed E-state index contributed by atoms with van der Waals surface area (Å²) < 4.78 is 6.06. The van der Waals surface area contributed by atoms with E-state index in [4.69, 9.17) is 10.5 Å². The maximum atomic E-state index is 14.1. The lowest BCUT2D eigenvalue weighted by molar-refractivity contribution is -0.142. The molecule has 2 unspecified atom stereocenters. The third kappa shape index (κ3) is 8.60. The molecule has 0 spiro atoms. The van der Waals surface area contributed by atoms with E-state index in [-0.39, 0.29) is 18.2 Å². The Kier molecular flexibility index (Phi) is 11.4. The van der Waals surface area contributed by atoms with E-state index in [0.717, 1.165) is 22.3 Å². The Morgan fingerprint density at radius 3 is 2.18 bits per heavy atom. The van der Waals surface area contributed by atoms with E-state index in [1.807, 2.05) is 78.9 Å². The lowest BCUT2D eigenvalue weighted by atomic mass is 9.90. The van der Waals surface area contributed by atoms with E-state index in [1.165, 1.54) is 0 Å². The van der Waals surface area contributed by atoms with Crippen LogP contribution in [0.5, 0.6) is 5.75 Å². The molecule has 4 amide bonds. The number of rotatable bonds is 13. The van der Waals surface area contributed by atoms with Gasteiger partial charge in [0.1, 0.15) is 24.4 Å².